The summed E-state index contributed by atoms with van der Waals surface area (Å²) < 4.78 is 1.16. The van der Waals surface area contributed by atoms with Crippen molar-refractivity contribution in [2.75, 3.05) is 0 Å². The van der Waals surface area contributed by atoms with Crippen molar-refractivity contribution in [2.24, 2.45) is 0 Å². The molecule has 0 aliphatic carbocycles. The van der Waals surface area contributed by atoms with Gasteiger partial charge in [0.1, 0.15) is 0 Å². The van der Waals surface area contributed by atoms with Crippen molar-refractivity contribution < 1.29 is 0 Å². The molecular formula is C11H10BrNS. The van der Waals surface area contributed by atoms with Crippen molar-refractivity contribution in [1.82, 2.24) is 4.98 Å². The van der Waals surface area contributed by atoms with Gasteiger partial charge in [0.05, 0.1) is 5.01 Å². The normalized spacial score (nSPS) is 10.4. The summed E-state index contributed by atoms with van der Waals surface area (Å²) in [7, 11) is 0. The number of hydrogen-bond acceptors (Lipinski definition) is 2. The molecule has 0 saturated heterocycles. The lowest BCUT2D eigenvalue weighted by molar-refractivity contribution is 1.13. The van der Waals surface area contributed by atoms with Gasteiger partial charge in [-0.25, -0.2) is 4.98 Å². The predicted octanol–water partition coefficient (Wildman–Crippen LogP) is 3.80. The first-order chi connectivity index (χ1) is 6.75. The van der Waals surface area contributed by atoms with E-state index in [0.717, 1.165) is 10.9 Å². The zero-order valence-corrected chi connectivity index (χ0v) is 10.2. The third kappa shape index (κ3) is 2.22. The maximum Gasteiger partial charge on any atom is 0.0971 e. The van der Waals surface area contributed by atoms with E-state index < -0.39 is 0 Å². The van der Waals surface area contributed by atoms with Crippen LogP contribution in [0.4, 0.5) is 0 Å². The fourth-order valence-corrected chi connectivity index (χ4v) is 2.52. The number of aromatic nitrogens is 1. The molecule has 0 fully saturated rings. The molecule has 1 aromatic carbocycles. The topological polar surface area (TPSA) is 12.9 Å². The Morgan fingerprint density at radius 2 is 2.14 bits per heavy atom. The highest BCUT2D eigenvalue weighted by molar-refractivity contribution is 9.10. The number of halogens is 1. The van der Waals surface area contributed by atoms with Crippen molar-refractivity contribution in [3.05, 3.63) is 50.4 Å². The Hall–Kier alpha value is -0.670. The number of thiazole rings is 1. The van der Waals surface area contributed by atoms with Crippen LogP contribution < -0.4 is 0 Å². The van der Waals surface area contributed by atoms with Gasteiger partial charge >= 0.3 is 0 Å². The summed E-state index contributed by atoms with van der Waals surface area (Å²) in [5, 5.41) is 1.18. The summed E-state index contributed by atoms with van der Waals surface area (Å²) in [4.78, 5) is 5.62. The Labute approximate surface area is 95.9 Å². The predicted molar refractivity (Wildman–Crippen MR) is 63.8 cm³/mol. The molecule has 1 nitrogen and oxygen atoms in total. The molecule has 14 heavy (non-hydrogen) atoms. The summed E-state index contributed by atoms with van der Waals surface area (Å²) in [5.74, 6) is 0. The molecule has 72 valence electrons. The minimum atomic E-state index is 0.917. The molecule has 0 aliphatic heterocycles. The number of aryl methyl sites for hydroxylation is 1. The van der Waals surface area contributed by atoms with Crippen molar-refractivity contribution >= 4 is 27.3 Å². The average Bonchev–Trinajstić information content (AvgIpc) is 2.56. The zero-order valence-electron chi connectivity index (χ0n) is 7.83. The molecule has 0 spiro atoms. The minimum absolute atomic E-state index is 0.917. The van der Waals surface area contributed by atoms with Crippen molar-refractivity contribution in [3.63, 3.8) is 0 Å². The van der Waals surface area contributed by atoms with Gasteiger partial charge in [0.2, 0.25) is 0 Å². The molecule has 1 heterocycles. The molecule has 0 atom stereocenters. The van der Waals surface area contributed by atoms with Crippen LogP contribution in [0.25, 0.3) is 0 Å². The zero-order chi connectivity index (χ0) is 9.97. The quantitative estimate of drug-likeness (QED) is 0.807. The molecule has 2 aromatic rings. The molecule has 0 saturated carbocycles. The lowest BCUT2D eigenvalue weighted by Crippen LogP contribution is -1.87. The maximum atomic E-state index is 4.35. The van der Waals surface area contributed by atoms with Crippen LogP contribution >= 0.6 is 27.3 Å². The van der Waals surface area contributed by atoms with Crippen LogP contribution in [0.5, 0.6) is 0 Å². The molecule has 2 rings (SSSR count). The van der Waals surface area contributed by atoms with E-state index in [1.807, 2.05) is 12.3 Å². The van der Waals surface area contributed by atoms with E-state index in [4.69, 9.17) is 0 Å². The lowest BCUT2D eigenvalue weighted by atomic mass is 10.2. The van der Waals surface area contributed by atoms with Crippen LogP contribution in [0.1, 0.15) is 15.4 Å². The van der Waals surface area contributed by atoms with Crippen LogP contribution in [0.2, 0.25) is 0 Å². The Morgan fingerprint density at radius 1 is 1.36 bits per heavy atom. The highest BCUT2D eigenvalue weighted by Crippen LogP contribution is 2.21. The van der Waals surface area contributed by atoms with Crippen molar-refractivity contribution in [2.45, 2.75) is 13.3 Å². The summed E-state index contributed by atoms with van der Waals surface area (Å²) >= 11 is 5.30. The average molecular weight is 268 g/mol. The van der Waals surface area contributed by atoms with Crippen molar-refractivity contribution in [3.8, 4) is 0 Å². The largest absolute Gasteiger partial charge is 0.249 e. The van der Waals surface area contributed by atoms with Gasteiger partial charge in [-0.2, -0.15) is 0 Å². The van der Waals surface area contributed by atoms with E-state index in [-0.39, 0.29) is 0 Å². The van der Waals surface area contributed by atoms with Crippen LogP contribution in [0.3, 0.4) is 0 Å². The molecule has 0 radical (unpaired) electrons. The van der Waals surface area contributed by atoms with E-state index in [1.165, 1.54) is 15.4 Å². The van der Waals surface area contributed by atoms with Gasteiger partial charge in [-0.05, 0) is 18.6 Å². The third-order valence-corrected chi connectivity index (χ3v) is 3.66. The van der Waals surface area contributed by atoms with E-state index in [2.05, 4.69) is 46.0 Å². The molecule has 0 unspecified atom stereocenters. The second-order valence-corrected chi connectivity index (χ2v) is 5.31. The summed E-state index contributed by atoms with van der Waals surface area (Å²) in [6, 6.07) is 8.28. The number of nitrogens with zero attached hydrogens (tertiary/aromatic N) is 1. The van der Waals surface area contributed by atoms with Gasteiger partial charge in [0.25, 0.3) is 0 Å². The van der Waals surface area contributed by atoms with Gasteiger partial charge in [-0.1, -0.05) is 34.1 Å². The summed E-state index contributed by atoms with van der Waals surface area (Å²) in [6.45, 7) is 2.08. The fourth-order valence-electron chi connectivity index (χ4n) is 1.29. The van der Waals surface area contributed by atoms with E-state index >= 15 is 0 Å². The molecule has 0 bridgehead atoms. The Morgan fingerprint density at radius 3 is 2.79 bits per heavy atom. The number of rotatable bonds is 2. The molecule has 1 aromatic heterocycles. The minimum Gasteiger partial charge on any atom is -0.249 e. The first-order valence-electron chi connectivity index (χ1n) is 4.40. The van der Waals surface area contributed by atoms with Gasteiger partial charge in [-0.15, -0.1) is 11.3 Å². The van der Waals surface area contributed by atoms with Crippen LogP contribution in [-0.2, 0) is 6.42 Å². The molecule has 0 amide bonds. The summed E-state index contributed by atoms with van der Waals surface area (Å²) in [6.07, 6.45) is 2.84. The molecule has 0 N–H and O–H groups in total. The van der Waals surface area contributed by atoms with Gasteiger partial charge in [0, 0.05) is 22.0 Å². The maximum absolute atomic E-state index is 4.35. The number of benzene rings is 1. The van der Waals surface area contributed by atoms with E-state index in [9.17, 15) is 0 Å². The first-order valence-corrected chi connectivity index (χ1v) is 6.01. The Balaban J connectivity index is 2.23. The molecule has 0 aliphatic rings. The van der Waals surface area contributed by atoms with Gasteiger partial charge < -0.3 is 0 Å². The summed E-state index contributed by atoms with van der Waals surface area (Å²) in [5.41, 5.74) is 1.29. The van der Waals surface area contributed by atoms with Crippen molar-refractivity contribution in [1.29, 1.82) is 0 Å². The van der Waals surface area contributed by atoms with E-state index in [0.29, 0.717) is 0 Å². The van der Waals surface area contributed by atoms with Crippen LogP contribution in [-0.4, -0.2) is 4.98 Å². The van der Waals surface area contributed by atoms with Crippen LogP contribution in [0.15, 0.2) is 34.9 Å². The van der Waals surface area contributed by atoms with Crippen LogP contribution in [0, 0.1) is 6.92 Å². The third-order valence-electron chi connectivity index (χ3n) is 1.97. The molecule has 3 heteroatoms. The highest BCUT2D eigenvalue weighted by Gasteiger charge is 2.03. The Bertz CT molecular complexity index is 436. The lowest BCUT2D eigenvalue weighted by Gasteiger charge is -2.00. The van der Waals surface area contributed by atoms with Gasteiger partial charge in [-0.3, -0.25) is 0 Å². The van der Waals surface area contributed by atoms with E-state index in [1.54, 1.807) is 11.3 Å². The highest BCUT2D eigenvalue weighted by atomic mass is 79.9. The fraction of sp³-hybridized carbons (Fsp3) is 0.182. The standard InChI is InChI=1S/C11H10BrNS/c1-8-7-13-11(14-8)6-9-4-2-3-5-10(9)12/h2-5,7H,6H2,1H3. The van der Waals surface area contributed by atoms with Gasteiger partial charge in [0.15, 0.2) is 0 Å². The monoisotopic (exact) mass is 267 g/mol. The number of hydrogen-bond donors (Lipinski definition) is 0. The Kier molecular flexibility index (Phi) is 2.99. The first kappa shape index (κ1) is 9.87. The second-order valence-electron chi connectivity index (χ2n) is 3.13. The smallest absolute Gasteiger partial charge is 0.0971 e. The molecular weight excluding hydrogens is 258 g/mol. The second kappa shape index (κ2) is 4.24. The SMILES string of the molecule is Cc1cnc(Cc2ccccc2Br)s1.